The SMILES string of the molecule is CCOc1ccc(-c2cc(C(=O)OCCCN3CCOCC3)nn2-c2ccc(S(N)(=O)=O)cc2)cc1. The van der Waals surface area contributed by atoms with Gasteiger partial charge in [0.2, 0.25) is 10.0 Å². The lowest BCUT2D eigenvalue weighted by Crippen LogP contribution is -2.37. The highest BCUT2D eigenvalue weighted by atomic mass is 32.2. The number of ether oxygens (including phenoxy) is 3. The van der Waals surface area contributed by atoms with E-state index < -0.39 is 16.0 Å². The summed E-state index contributed by atoms with van der Waals surface area (Å²) < 4.78 is 41.2. The van der Waals surface area contributed by atoms with Crippen LogP contribution in [0.25, 0.3) is 16.9 Å². The first-order valence-electron chi connectivity index (χ1n) is 11.8. The number of carbonyl (C=O) groups excluding carboxylic acids is 1. The van der Waals surface area contributed by atoms with Crippen LogP contribution in [-0.2, 0) is 19.5 Å². The van der Waals surface area contributed by atoms with Gasteiger partial charge in [-0.15, -0.1) is 0 Å². The third kappa shape index (κ3) is 6.49. The molecule has 0 radical (unpaired) electrons. The third-order valence-corrected chi connectivity index (χ3v) is 6.67. The molecule has 0 amide bonds. The minimum absolute atomic E-state index is 0.0130. The molecule has 1 saturated heterocycles. The number of sulfonamides is 1. The Morgan fingerprint density at radius 2 is 1.78 bits per heavy atom. The summed E-state index contributed by atoms with van der Waals surface area (Å²) in [6.07, 6.45) is 0.715. The van der Waals surface area contributed by atoms with Crippen LogP contribution in [0.15, 0.2) is 59.5 Å². The van der Waals surface area contributed by atoms with Crippen LogP contribution in [0.4, 0.5) is 0 Å². The minimum Gasteiger partial charge on any atom is -0.494 e. The van der Waals surface area contributed by atoms with Crippen LogP contribution >= 0.6 is 0 Å². The molecule has 0 saturated carbocycles. The highest BCUT2D eigenvalue weighted by molar-refractivity contribution is 7.89. The second-order valence-corrected chi connectivity index (χ2v) is 9.83. The molecular formula is C25H30N4O6S. The molecule has 36 heavy (non-hydrogen) atoms. The topological polar surface area (TPSA) is 126 Å². The van der Waals surface area contributed by atoms with Crippen molar-refractivity contribution in [1.29, 1.82) is 0 Å². The van der Waals surface area contributed by atoms with E-state index in [4.69, 9.17) is 19.3 Å². The van der Waals surface area contributed by atoms with Crippen LogP contribution in [0, 0.1) is 0 Å². The molecule has 2 heterocycles. The maximum atomic E-state index is 12.8. The molecule has 1 aliphatic heterocycles. The van der Waals surface area contributed by atoms with Crippen molar-refractivity contribution in [3.05, 3.63) is 60.3 Å². The maximum absolute atomic E-state index is 12.8. The van der Waals surface area contributed by atoms with Crippen molar-refractivity contribution in [2.24, 2.45) is 5.14 Å². The quantitative estimate of drug-likeness (QED) is 0.323. The number of primary sulfonamides is 1. The highest BCUT2D eigenvalue weighted by Crippen LogP contribution is 2.27. The fraction of sp³-hybridized carbons (Fsp3) is 0.360. The Morgan fingerprint density at radius 1 is 1.08 bits per heavy atom. The van der Waals surface area contributed by atoms with Crippen LogP contribution in [0.2, 0.25) is 0 Å². The Kier molecular flexibility index (Phi) is 8.36. The number of nitrogens with two attached hydrogens (primary N) is 1. The molecular weight excluding hydrogens is 484 g/mol. The summed E-state index contributed by atoms with van der Waals surface area (Å²) in [5.74, 6) is 0.203. The largest absolute Gasteiger partial charge is 0.494 e. The van der Waals surface area contributed by atoms with Gasteiger partial charge in [-0.1, -0.05) is 0 Å². The molecule has 1 aromatic heterocycles. The Hall–Kier alpha value is -3.25. The average Bonchev–Trinajstić information content (AvgIpc) is 3.33. The van der Waals surface area contributed by atoms with Gasteiger partial charge in [0.25, 0.3) is 0 Å². The van der Waals surface area contributed by atoms with Gasteiger partial charge in [0, 0.05) is 25.2 Å². The monoisotopic (exact) mass is 514 g/mol. The molecule has 3 aromatic rings. The maximum Gasteiger partial charge on any atom is 0.358 e. The number of rotatable bonds is 10. The fourth-order valence-corrected chi connectivity index (χ4v) is 4.42. The Morgan fingerprint density at radius 3 is 2.42 bits per heavy atom. The molecule has 1 fully saturated rings. The summed E-state index contributed by atoms with van der Waals surface area (Å²) in [7, 11) is -3.83. The van der Waals surface area contributed by atoms with Gasteiger partial charge in [0.15, 0.2) is 5.69 Å². The van der Waals surface area contributed by atoms with E-state index in [1.165, 1.54) is 12.1 Å². The predicted molar refractivity (Wildman–Crippen MR) is 134 cm³/mol. The summed E-state index contributed by atoms with van der Waals surface area (Å²) in [6.45, 7) is 6.79. The first-order valence-corrected chi connectivity index (χ1v) is 13.3. The Bertz CT molecular complexity index is 1270. The standard InChI is InChI=1S/C25H30N4O6S/c1-2-34-21-8-4-19(5-9-21)24-18-23(25(30)35-15-3-12-28-13-16-33-17-14-28)27-29(24)20-6-10-22(11-7-20)36(26,31)32/h4-11,18H,2-3,12-17H2,1H3,(H2,26,31,32). The van der Waals surface area contributed by atoms with Gasteiger partial charge in [0.05, 0.1) is 42.7 Å². The lowest BCUT2D eigenvalue weighted by atomic mass is 10.1. The number of carbonyl (C=O) groups is 1. The summed E-state index contributed by atoms with van der Waals surface area (Å²) in [5, 5.41) is 9.70. The van der Waals surface area contributed by atoms with E-state index in [1.807, 2.05) is 31.2 Å². The fourth-order valence-electron chi connectivity index (χ4n) is 3.90. The van der Waals surface area contributed by atoms with Gasteiger partial charge < -0.3 is 14.2 Å². The Balaban J connectivity index is 1.54. The van der Waals surface area contributed by atoms with Crippen molar-refractivity contribution in [2.45, 2.75) is 18.2 Å². The zero-order valence-corrected chi connectivity index (χ0v) is 20.9. The van der Waals surface area contributed by atoms with Crippen LogP contribution in [0.5, 0.6) is 5.75 Å². The van der Waals surface area contributed by atoms with Crippen molar-refractivity contribution >= 4 is 16.0 Å². The van der Waals surface area contributed by atoms with Gasteiger partial charge in [0.1, 0.15) is 5.75 Å². The van der Waals surface area contributed by atoms with Gasteiger partial charge in [-0.25, -0.2) is 23.0 Å². The highest BCUT2D eigenvalue weighted by Gasteiger charge is 2.19. The number of hydrogen-bond acceptors (Lipinski definition) is 8. The zero-order valence-electron chi connectivity index (χ0n) is 20.1. The van der Waals surface area contributed by atoms with Crippen molar-refractivity contribution in [1.82, 2.24) is 14.7 Å². The summed E-state index contributed by atoms with van der Waals surface area (Å²) >= 11 is 0. The predicted octanol–water partition coefficient (Wildman–Crippen LogP) is 2.46. The van der Waals surface area contributed by atoms with E-state index >= 15 is 0 Å². The zero-order chi connectivity index (χ0) is 25.5. The van der Waals surface area contributed by atoms with Crippen molar-refractivity contribution < 1.29 is 27.4 Å². The smallest absolute Gasteiger partial charge is 0.358 e. The lowest BCUT2D eigenvalue weighted by Gasteiger charge is -2.26. The number of esters is 1. The molecule has 4 rings (SSSR count). The molecule has 0 atom stereocenters. The number of benzene rings is 2. The number of nitrogens with zero attached hydrogens (tertiary/aromatic N) is 3. The summed E-state index contributed by atoms with van der Waals surface area (Å²) in [6, 6.07) is 15.0. The summed E-state index contributed by atoms with van der Waals surface area (Å²) in [5.41, 5.74) is 2.16. The molecule has 0 unspecified atom stereocenters. The molecule has 0 aliphatic carbocycles. The van der Waals surface area contributed by atoms with E-state index in [2.05, 4.69) is 10.00 Å². The van der Waals surface area contributed by atoms with Crippen LogP contribution in [-0.4, -0.2) is 75.1 Å². The average molecular weight is 515 g/mol. The second kappa shape index (κ2) is 11.7. The number of aromatic nitrogens is 2. The molecule has 10 nitrogen and oxygen atoms in total. The van der Waals surface area contributed by atoms with Gasteiger partial charge in [-0.05, 0) is 67.9 Å². The van der Waals surface area contributed by atoms with Gasteiger partial charge >= 0.3 is 5.97 Å². The number of morpholine rings is 1. The van der Waals surface area contributed by atoms with E-state index in [-0.39, 0.29) is 17.2 Å². The minimum atomic E-state index is -3.83. The second-order valence-electron chi connectivity index (χ2n) is 8.27. The molecule has 11 heteroatoms. The molecule has 2 aromatic carbocycles. The van der Waals surface area contributed by atoms with Crippen LogP contribution in [0.3, 0.4) is 0 Å². The van der Waals surface area contributed by atoms with E-state index in [0.717, 1.165) is 44.2 Å². The van der Waals surface area contributed by atoms with Gasteiger partial charge in [-0.3, -0.25) is 4.90 Å². The summed E-state index contributed by atoms with van der Waals surface area (Å²) in [4.78, 5) is 15.1. The third-order valence-electron chi connectivity index (χ3n) is 5.74. The first-order chi connectivity index (χ1) is 17.3. The molecule has 0 spiro atoms. The van der Waals surface area contributed by atoms with E-state index in [0.29, 0.717) is 24.4 Å². The van der Waals surface area contributed by atoms with E-state index in [1.54, 1.807) is 22.9 Å². The first kappa shape index (κ1) is 25.8. The normalized spacial score (nSPS) is 14.5. The molecule has 2 N–H and O–H groups in total. The van der Waals surface area contributed by atoms with Crippen molar-refractivity contribution in [3.8, 4) is 22.7 Å². The Labute approximate surface area is 210 Å². The molecule has 1 aliphatic rings. The van der Waals surface area contributed by atoms with Gasteiger partial charge in [-0.2, -0.15) is 5.10 Å². The lowest BCUT2D eigenvalue weighted by molar-refractivity contribution is 0.0296. The van der Waals surface area contributed by atoms with Crippen LogP contribution < -0.4 is 9.88 Å². The van der Waals surface area contributed by atoms with Crippen molar-refractivity contribution in [2.75, 3.05) is 46.1 Å². The van der Waals surface area contributed by atoms with Crippen molar-refractivity contribution in [3.63, 3.8) is 0 Å². The van der Waals surface area contributed by atoms with E-state index in [9.17, 15) is 13.2 Å². The molecule has 0 bridgehead atoms. The van der Waals surface area contributed by atoms with Crippen LogP contribution in [0.1, 0.15) is 23.8 Å². The molecule has 192 valence electrons. The number of hydrogen-bond donors (Lipinski definition) is 1.